The van der Waals surface area contributed by atoms with Crippen LogP contribution < -0.4 is 10.6 Å². The van der Waals surface area contributed by atoms with Gasteiger partial charge in [0.15, 0.2) is 5.96 Å². The third-order valence-corrected chi connectivity index (χ3v) is 6.26. The topological polar surface area (TPSA) is 77.0 Å². The summed E-state index contributed by atoms with van der Waals surface area (Å²) in [5.74, 6) is 1.64. The number of piperidine rings is 2. The van der Waals surface area contributed by atoms with Gasteiger partial charge in [0.2, 0.25) is 5.91 Å². The monoisotopic (exact) mass is 555 g/mol. The molecule has 2 fully saturated rings. The molecule has 178 valence electrons. The van der Waals surface area contributed by atoms with Gasteiger partial charge in [-0.15, -0.1) is 24.0 Å². The number of carbonyl (C=O) groups excluding carboxylic acids is 2. The molecule has 2 amide bonds. The van der Waals surface area contributed by atoms with Crippen LogP contribution in [0, 0.1) is 5.92 Å². The van der Waals surface area contributed by atoms with E-state index in [-0.39, 0.29) is 35.8 Å². The van der Waals surface area contributed by atoms with E-state index >= 15 is 0 Å². The number of carbonyl (C=O) groups is 2. The number of amides is 2. The van der Waals surface area contributed by atoms with Crippen LogP contribution in [0.25, 0.3) is 0 Å². The lowest BCUT2D eigenvalue weighted by atomic mass is 9.93. The molecule has 0 aromatic heterocycles. The van der Waals surface area contributed by atoms with Crippen molar-refractivity contribution in [1.82, 2.24) is 20.4 Å². The van der Waals surface area contributed by atoms with Gasteiger partial charge in [-0.3, -0.25) is 9.59 Å². The van der Waals surface area contributed by atoms with E-state index < -0.39 is 0 Å². The molecular formula is C24H38IN5O2. The second kappa shape index (κ2) is 13.6. The summed E-state index contributed by atoms with van der Waals surface area (Å²) in [4.78, 5) is 33.4. The van der Waals surface area contributed by atoms with E-state index in [4.69, 9.17) is 4.99 Å². The summed E-state index contributed by atoms with van der Waals surface area (Å²) < 4.78 is 0. The van der Waals surface area contributed by atoms with Crippen molar-refractivity contribution in [2.24, 2.45) is 10.9 Å². The fourth-order valence-corrected chi connectivity index (χ4v) is 4.34. The first-order valence-corrected chi connectivity index (χ1v) is 11.7. The molecule has 2 aliphatic rings. The van der Waals surface area contributed by atoms with Crippen LogP contribution in [-0.2, 0) is 11.3 Å². The second-order valence-electron chi connectivity index (χ2n) is 8.53. The minimum absolute atomic E-state index is 0. The Morgan fingerprint density at radius 1 is 1.00 bits per heavy atom. The second-order valence-corrected chi connectivity index (χ2v) is 8.53. The van der Waals surface area contributed by atoms with Crippen LogP contribution in [0.4, 0.5) is 0 Å². The van der Waals surface area contributed by atoms with Gasteiger partial charge in [0.05, 0.1) is 6.54 Å². The summed E-state index contributed by atoms with van der Waals surface area (Å²) in [5, 5.41) is 6.12. The Morgan fingerprint density at radius 2 is 1.66 bits per heavy atom. The van der Waals surface area contributed by atoms with Gasteiger partial charge in [0.25, 0.3) is 5.91 Å². The quantitative estimate of drug-likeness (QED) is 0.321. The average Bonchev–Trinajstić information content (AvgIpc) is 2.82. The molecule has 0 bridgehead atoms. The van der Waals surface area contributed by atoms with Crippen LogP contribution in [0.5, 0.6) is 0 Å². The fraction of sp³-hybridized carbons (Fsp3) is 0.625. The van der Waals surface area contributed by atoms with Crippen LogP contribution in [0.2, 0.25) is 0 Å². The Kier molecular flexibility index (Phi) is 11.3. The molecule has 0 saturated carbocycles. The van der Waals surface area contributed by atoms with Crippen LogP contribution in [0.3, 0.4) is 0 Å². The van der Waals surface area contributed by atoms with Gasteiger partial charge in [-0.05, 0) is 62.6 Å². The Bertz CT molecular complexity index is 754. The van der Waals surface area contributed by atoms with E-state index in [2.05, 4.69) is 22.5 Å². The maximum Gasteiger partial charge on any atom is 0.253 e. The largest absolute Gasteiger partial charge is 0.359 e. The molecule has 2 N–H and O–H groups in total. The van der Waals surface area contributed by atoms with Crippen LogP contribution in [-0.4, -0.2) is 67.3 Å². The normalized spacial score (nSPS) is 17.5. The number of hydrogen-bond acceptors (Lipinski definition) is 3. The van der Waals surface area contributed by atoms with Crippen molar-refractivity contribution >= 4 is 41.8 Å². The van der Waals surface area contributed by atoms with E-state index in [0.29, 0.717) is 18.9 Å². The molecule has 7 nitrogen and oxygen atoms in total. The molecule has 3 rings (SSSR count). The third kappa shape index (κ3) is 7.64. The van der Waals surface area contributed by atoms with E-state index in [9.17, 15) is 9.59 Å². The maximum atomic E-state index is 12.6. The van der Waals surface area contributed by atoms with Gasteiger partial charge in [-0.1, -0.05) is 12.1 Å². The standard InChI is InChI=1S/C24H37N5O2.HI/c1-3-26-24(29-15-11-19(12-16-29)17-22(30)25-2)27-18-20-7-9-21(10-8-20)23(31)28-13-5-4-6-14-28;/h7-10,19H,3-6,11-18H2,1-2H3,(H,25,30)(H,26,27);1H. The Morgan fingerprint density at radius 3 is 2.25 bits per heavy atom. The zero-order chi connectivity index (χ0) is 22.1. The number of benzene rings is 1. The van der Waals surface area contributed by atoms with Gasteiger partial charge in [-0.2, -0.15) is 0 Å². The van der Waals surface area contributed by atoms with Crippen molar-refractivity contribution < 1.29 is 9.59 Å². The summed E-state index contributed by atoms with van der Waals surface area (Å²) in [6, 6.07) is 7.89. The first-order valence-electron chi connectivity index (χ1n) is 11.7. The Balaban J connectivity index is 0.00000363. The highest BCUT2D eigenvalue weighted by Gasteiger charge is 2.23. The first-order chi connectivity index (χ1) is 15.1. The number of aliphatic imine (C=N–C) groups is 1. The molecule has 32 heavy (non-hydrogen) atoms. The van der Waals surface area contributed by atoms with E-state index in [1.54, 1.807) is 7.05 Å². The number of hydrogen-bond donors (Lipinski definition) is 2. The predicted octanol–water partition coefficient (Wildman–Crippen LogP) is 3.24. The molecule has 2 aliphatic heterocycles. The number of halogens is 1. The molecule has 1 aromatic rings. The van der Waals surface area contributed by atoms with E-state index in [1.165, 1.54) is 6.42 Å². The molecule has 0 atom stereocenters. The molecular weight excluding hydrogens is 517 g/mol. The third-order valence-electron chi connectivity index (χ3n) is 6.26. The molecule has 0 radical (unpaired) electrons. The van der Waals surface area contributed by atoms with Gasteiger partial charge < -0.3 is 20.4 Å². The zero-order valence-corrected chi connectivity index (χ0v) is 21.8. The van der Waals surface area contributed by atoms with Crippen LogP contribution in [0.1, 0.15) is 61.4 Å². The van der Waals surface area contributed by atoms with E-state index in [1.807, 2.05) is 29.2 Å². The number of nitrogens with one attached hydrogen (secondary N) is 2. The fourth-order valence-electron chi connectivity index (χ4n) is 4.34. The average molecular weight is 556 g/mol. The lowest BCUT2D eigenvalue weighted by molar-refractivity contribution is -0.121. The van der Waals surface area contributed by atoms with E-state index in [0.717, 1.165) is 75.5 Å². The highest BCUT2D eigenvalue weighted by atomic mass is 127. The summed E-state index contributed by atoms with van der Waals surface area (Å²) in [7, 11) is 1.70. The van der Waals surface area contributed by atoms with Crippen molar-refractivity contribution in [3.05, 3.63) is 35.4 Å². The maximum absolute atomic E-state index is 12.6. The van der Waals surface area contributed by atoms with Crippen molar-refractivity contribution in [1.29, 1.82) is 0 Å². The molecule has 0 aliphatic carbocycles. The number of likely N-dealkylation sites (tertiary alicyclic amines) is 2. The van der Waals surface area contributed by atoms with Gasteiger partial charge in [0.1, 0.15) is 0 Å². The molecule has 2 saturated heterocycles. The molecule has 1 aromatic carbocycles. The number of nitrogens with zero attached hydrogens (tertiary/aromatic N) is 3. The lowest BCUT2D eigenvalue weighted by Crippen LogP contribution is -2.46. The summed E-state index contributed by atoms with van der Waals surface area (Å²) in [5.41, 5.74) is 1.86. The minimum Gasteiger partial charge on any atom is -0.359 e. The predicted molar refractivity (Wildman–Crippen MR) is 139 cm³/mol. The minimum atomic E-state index is 0. The lowest BCUT2D eigenvalue weighted by Gasteiger charge is -2.34. The van der Waals surface area contributed by atoms with Crippen molar-refractivity contribution in [3.63, 3.8) is 0 Å². The van der Waals surface area contributed by atoms with Crippen LogP contribution in [0.15, 0.2) is 29.3 Å². The SMILES string of the molecule is CCNC(=NCc1ccc(C(=O)N2CCCCC2)cc1)N1CCC(CC(=O)NC)CC1.I. The van der Waals surface area contributed by atoms with Gasteiger partial charge in [0, 0.05) is 51.8 Å². The van der Waals surface area contributed by atoms with Crippen LogP contribution >= 0.6 is 24.0 Å². The summed E-state index contributed by atoms with van der Waals surface area (Å²) in [6.45, 7) is 7.05. The summed E-state index contributed by atoms with van der Waals surface area (Å²) in [6.07, 6.45) is 6.06. The Hall–Kier alpha value is -1.84. The van der Waals surface area contributed by atoms with Crippen molar-refractivity contribution in [3.8, 4) is 0 Å². The highest BCUT2D eigenvalue weighted by Crippen LogP contribution is 2.21. The first kappa shape index (κ1) is 26.4. The zero-order valence-electron chi connectivity index (χ0n) is 19.4. The van der Waals surface area contributed by atoms with Gasteiger partial charge in [-0.25, -0.2) is 4.99 Å². The number of guanidine groups is 1. The molecule has 0 spiro atoms. The highest BCUT2D eigenvalue weighted by molar-refractivity contribution is 14.0. The van der Waals surface area contributed by atoms with Gasteiger partial charge >= 0.3 is 0 Å². The van der Waals surface area contributed by atoms with Crippen molar-refractivity contribution in [2.75, 3.05) is 39.8 Å². The van der Waals surface area contributed by atoms with Crippen molar-refractivity contribution in [2.45, 2.75) is 52.0 Å². The molecule has 0 unspecified atom stereocenters. The number of rotatable bonds is 6. The molecule has 8 heteroatoms. The smallest absolute Gasteiger partial charge is 0.253 e. The summed E-state index contributed by atoms with van der Waals surface area (Å²) >= 11 is 0. The Labute approximate surface area is 209 Å². The molecule has 2 heterocycles.